The summed E-state index contributed by atoms with van der Waals surface area (Å²) in [5.41, 5.74) is 6.63. The van der Waals surface area contributed by atoms with Crippen molar-refractivity contribution < 1.29 is 0 Å². The van der Waals surface area contributed by atoms with Crippen molar-refractivity contribution in [1.29, 1.82) is 0 Å². The second kappa shape index (κ2) is 5.07. The SMILES string of the molecule is Nc1ncc(CCC2CCNCC2)cn1. The topological polar surface area (TPSA) is 63.8 Å². The van der Waals surface area contributed by atoms with Gasteiger partial charge in [-0.25, -0.2) is 9.97 Å². The Labute approximate surface area is 90.3 Å². The first kappa shape index (κ1) is 10.4. The quantitative estimate of drug-likeness (QED) is 0.774. The third-order valence-corrected chi connectivity index (χ3v) is 3.03. The molecule has 1 fully saturated rings. The second-order valence-electron chi connectivity index (χ2n) is 4.18. The Morgan fingerprint density at radius 3 is 2.60 bits per heavy atom. The molecule has 4 nitrogen and oxygen atoms in total. The lowest BCUT2D eigenvalue weighted by molar-refractivity contribution is 0.354. The van der Waals surface area contributed by atoms with Crippen molar-refractivity contribution in [2.45, 2.75) is 25.7 Å². The van der Waals surface area contributed by atoms with Crippen molar-refractivity contribution in [2.24, 2.45) is 5.92 Å². The Morgan fingerprint density at radius 2 is 1.93 bits per heavy atom. The highest BCUT2D eigenvalue weighted by atomic mass is 15.0. The van der Waals surface area contributed by atoms with Crippen LogP contribution in [0, 0.1) is 5.92 Å². The molecule has 4 heteroatoms. The Bertz CT molecular complexity index is 290. The van der Waals surface area contributed by atoms with E-state index in [1.165, 1.54) is 37.9 Å². The van der Waals surface area contributed by atoms with Crippen molar-refractivity contribution in [2.75, 3.05) is 18.8 Å². The molecule has 0 aromatic carbocycles. The Morgan fingerprint density at radius 1 is 1.27 bits per heavy atom. The molecule has 0 aliphatic carbocycles. The predicted molar refractivity (Wildman–Crippen MR) is 60.4 cm³/mol. The molecule has 0 spiro atoms. The first-order valence-corrected chi connectivity index (χ1v) is 5.62. The fourth-order valence-corrected chi connectivity index (χ4v) is 2.04. The van der Waals surface area contributed by atoms with E-state index in [1.54, 1.807) is 0 Å². The van der Waals surface area contributed by atoms with E-state index in [9.17, 15) is 0 Å². The number of hydrogen-bond donors (Lipinski definition) is 2. The maximum Gasteiger partial charge on any atom is 0.219 e. The van der Waals surface area contributed by atoms with Crippen molar-refractivity contribution in [3.05, 3.63) is 18.0 Å². The van der Waals surface area contributed by atoms with Crippen LogP contribution in [-0.2, 0) is 6.42 Å². The standard InChI is InChI=1S/C11H18N4/c12-11-14-7-10(8-15-11)2-1-9-3-5-13-6-4-9/h7-9,13H,1-6H2,(H2,12,14,15). The van der Waals surface area contributed by atoms with E-state index in [-0.39, 0.29) is 0 Å². The van der Waals surface area contributed by atoms with Gasteiger partial charge in [0.05, 0.1) is 0 Å². The van der Waals surface area contributed by atoms with Crippen LogP contribution in [0.5, 0.6) is 0 Å². The Hall–Kier alpha value is -1.16. The molecule has 1 aromatic heterocycles. The highest BCUT2D eigenvalue weighted by molar-refractivity contribution is 5.17. The molecule has 0 unspecified atom stereocenters. The summed E-state index contributed by atoms with van der Waals surface area (Å²) in [5.74, 6) is 1.23. The minimum absolute atomic E-state index is 0.362. The number of aryl methyl sites for hydroxylation is 1. The van der Waals surface area contributed by atoms with Crippen LogP contribution in [0.15, 0.2) is 12.4 Å². The number of nitrogens with two attached hydrogens (primary N) is 1. The van der Waals surface area contributed by atoms with Gasteiger partial charge in [-0.3, -0.25) is 0 Å². The fraction of sp³-hybridized carbons (Fsp3) is 0.636. The van der Waals surface area contributed by atoms with Gasteiger partial charge in [0.25, 0.3) is 0 Å². The van der Waals surface area contributed by atoms with Crippen molar-refractivity contribution in [3.8, 4) is 0 Å². The molecule has 0 saturated carbocycles. The molecule has 0 amide bonds. The van der Waals surface area contributed by atoms with E-state index in [4.69, 9.17) is 5.73 Å². The third kappa shape index (κ3) is 3.16. The second-order valence-corrected chi connectivity index (χ2v) is 4.18. The molecule has 1 saturated heterocycles. The molecule has 2 heterocycles. The first-order chi connectivity index (χ1) is 7.34. The molecule has 82 valence electrons. The van der Waals surface area contributed by atoms with Gasteiger partial charge in [-0.2, -0.15) is 0 Å². The van der Waals surface area contributed by atoms with Gasteiger partial charge in [0, 0.05) is 12.4 Å². The lowest BCUT2D eigenvalue weighted by atomic mass is 9.92. The van der Waals surface area contributed by atoms with Crippen molar-refractivity contribution >= 4 is 5.95 Å². The van der Waals surface area contributed by atoms with E-state index in [0.717, 1.165) is 12.3 Å². The number of nitrogens with zero attached hydrogens (tertiary/aromatic N) is 2. The maximum atomic E-state index is 5.44. The number of aromatic nitrogens is 2. The van der Waals surface area contributed by atoms with Gasteiger partial charge in [0.1, 0.15) is 0 Å². The first-order valence-electron chi connectivity index (χ1n) is 5.62. The maximum absolute atomic E-state index is 5.44. The number of piperidine rings is 1. The van der Waals surface area contributed by atoms with Gasteiger partial charge in [0.15, 0.2) is 0 Å². The van der Waals surface area contributed by atoms with E-state index >= 15 is 0 Å². The number of hydrogen-bond acceptors (Lipinski definition) is 4. The fourth-order valence-electron chi connectivity index (χ4n) is 2.04. The average Bonchev–Trinajstić information content (AvgIpc) is 2.30. The number of rotatable bonds is 3. The Balaban J connectivity index is 1.79. The van der Waals surface area contributed by atoms with Crippen LogP contribution in [0.3, 0.4) is 0 Å². The lowest BCUT2D eigenvalue weighted by Gasteiger charge is -2.22. The van der Waals surface area contributed by atoms with Crippen molar-refractivity contribution in [3.63, 3.8) is 0 Å². The predicted octanol–water partition coefficient (Wildman–Crippen LogP) is 0.991. The summed E-state index contributed by atoms with van der Waals surface area (Å²) >= 11 is 0. The Kier molecular flexibility index (Phi) is 3.50. The minimum Gasteiger partial charge on any atom is -0.368 e. The van der Waals surface area contributed by atoms with Gasteiger partial charge >= 0.3 is 0 Å². The summed E-state index contributed by atoms with van der Waals surface area (Å²) in [5, 5.41) is 3.38. The van der Waals surface area contributed by atoms with Gasteiger partial charge in [-0.1, -0.05) is 0 Å². The van der Waals surface area contributed by atoms with Gasteiger partial charge in [0.2, 0.25) is 5.95 Å². The highest BCUT2D eigenvalue weighted by Crippen LogP contribution is 2.18. The molecule has 1 aliphatic heterocycles. The molecular formula is C11H18N4. The number of nitrogens with one attached hydrogen (secondary N) is 1. The molecule has 0 bridgehead atoms. The zero-order valence-corrected chi connectivity index (χ0v) is 8.95. The van der Waals surface area contributed by atoms with Gasteiger partial charge in [-0.15, -0.1) is 0 Å². The molecule has 1 aromatic rings. The van der Waals surface area contributed by atoms with Crippen LogP contribution < -0.4 is 11.1 Å². The molecular weight excluding hydrogens is 188 g/mol. The van der Waals surface area contributed by atoms with Crippen LogP contribution in [0.1, 0.15) is 24.8 Å². The zero-order valence-electron chi connectivity index (χ0n) is 8.95. The molecule has 3 N–H and O–H groups in total. The van der Waals surface area contributed by atoms with Crippen LogP contribution in [0.2, 0.25) is 0 Å². The van der Waals surface area contributed by atoms with Crippen LogP contribution in [-0.4, -0.2) is 23.1 Å². The van der Waals surface area contributed by atoms with Gasteiger partial charge in [-0.05, 0) is 50.3 Å². The van der Waals surface area contributed by atoms with E-state index in [0.29, 0.717) is 5.95 Å². The van der Waals surface area contributed by atoms with Gasteiger partial charge < -0.3 is 11.1 Å². The molecule has 0 atom stereocenters. The largest absolute Gasteiger partial charge is 0.368 e. The van der Waals surface area contributed by atoms with Crippen LogP contribution in [0.4, 0.5) is 5.95 Å². The summed E-state index contributed by atoms with van der Waals surface area (Å²) in [6.07, 6.45) is 8.60. The minimum atomic E-state index is 0.362. The average molecular weight is 206 g/mol. The summed E-state index contributed by atoms with van der Waals surface area (Å²) in [6.45, 7) is 2.34. The summed E-state index contributed by atoms with van der Waals surface area (Å²) in [4.78, 5) is 7.99. The van der Waals surface area contributed by atoms with Crippen LogP contribution in [0.25, 0.3) is 0 Å². The zero-order chi connectivity index (χ0) is 10.5. The molecule has 1 aliphatic rings. The van der Waals surface area contributed by atoms with Crippen molar-refractivity contribution in [1.82, 2.24) is 15.3 Å². The van der Waals surface area contributed by atoms with Crippen LogP contribution >= 0.6 is 0 Å². The van der Waals surface area contributed by atoms with E-state index < -0.39 is 0 Å². The summed E-state index contributed by atoms with van der Waals surface area (Å²) < 4.78 is 0. The number of anilines is 1. The molecule has 0 radical (unpaired) electrons. The lowest BCUT2D eigenvalue weighted by Crippen LogP contribution is -2.27. The monoisotopic (exact) mass is 206 g/mol. The summed E-state index contributed by atoms with van der Waals surface area (Å²) in [7, 11) is 0. The third-order valence-electron chi connectivity index (χ3n) is 3.03. The molecule has 15 heavy (non-hydrogen) atoms. The molecule has 2 rings (SSSR count). The highest BCUT2D eigenvalue weighted by Gasteiger charge is 2.12. The number of nitrogen functional groups attached to an aromatic ring is 1. The smallest absolute Gasteiger partial charge is 0.219 e. The van der Waals surface area contributed by atoms with E-state index in [2.05, 4.69) is 15.3 Å². The summed E-state index contributed by atoms with van der Waals surface area (Å²) in [6, 6.07) is 0. The normalized spacial score (nSPS) is 17.9. The van der Waals surface area contributed by atoms with E-state index in [1.807, 2.05) is 12.4 Å².